The van der Waals surface area contributed by atoms with Gasteiger partial charge in [-0.1, -0.05) is 6.07 Å². The smallest absolute Gasteiger partial charge is 0.341 e. The lowest BCUT2D eigenvalue weighted by atomic mass is 10.1. The fourth-order valence-corrected chi connectivity index (χ4v) is 2.81. The predicted molar refractivity (Wildman–Crippen MR) is 84.3 cm³/mol. The molecule has 0 amide bonds. The van der Waals surface area contributed by atoms with Gasteiger partial charge in [0, 0.05) is 23.5 Å². The van der Waals surface area contributed by atoms with Gasteiger partial charge in [-0.2, -0.15) is 4.37 Å². The van der Waals surface area contributed by atoms with Crippen molar-refractivity contribution in [3.63, 3.8) is 0 Å². The molecule has 0 aliphatic heterocycles. The monoisotopic (exact) mass is 313 g/mol. The van der Waals surface area contributed by atoms with E-state index >= 15 is 0 Å². The van der Waals surface area contributed by atoms with Gasteiger partial charge in [0.1, 0.15) is 6.61 Å². The van der Waals surface area contributed by atoms with Crippen LogP contribution < -0.4 is 0 Å². The highest BCUT2D eigenvalue weighted by atomic mass is 32.1. The number of hydrogen-bond donors (Lipinski definition) is 0. The zero-order valence-corrected chi connectivity index (χ0v) is 13.1. The molecule has 0 N–H and O–H groups in total. The lowest BCUT2D eigenvalue weighted by molar-refractivity contribution is 0.0471. The van der Waals surface area contributed by atoms with Gasteiger partial charge in [0.2, 0.25) is 0 Å². The van der Waals surface area contributed by atoms with Gasteiger partial charge in [-0.25, -0.2) is 9.78 Å². The van der Waals surface area contributed by atoms with Crippen LogP contribution in [0.2, 0.25) is 0 Å². The van der Waals surface area contributed by atoms with Crippen LogP contribution in [-0.4, -0.2) is 19.9 Å². The quantitative estimate of drug-likeness (QED) is 0.693. The SMILES string of the molecule is Cc1cc(-n2ccnc2)ccc1COC(=O)c1csnc1C. The first-order chi connectivity index (χ1) is 10.6. The number of hydrogen-bond acceptors (Lipinski definition) is 5. The van der Waals surface area contributed by atoms with Crippen molar-refractivity contribution < 1.29 is 9.53 Å². The summed E-state index contributed by atoms with van der Waals surface area (Å²) in [6, 6.07) is 5.99. The van der Waals surface area contributed by atoms with Crippen LogP contribution in [0.1, 0.15) is 27.2 Å². The Balaban J connectivity index is 1.71. The van der Waals surface area contributed by atoms with E-state index in [1.807, 2.05) is 35.9 Å². The molecule has 0 aliphatic rings. The second kappa shape index (κ2) is 6.11. The van der Waals surface area contributed by atoms with Crippen molar-refractivity contribution >= 4 is 17.5 Å². The summed E-state index contributed by atoms with van der Waals surface area (Å²) in [7, 11) is 0. The van der Waals surface area contributed by atoms with Crippen LogP contribution in [0, 0.1) is 13.8 Å². The van der Waals surface area contributed by atoms with Crippen LogP contribution in [0.5, 0.6) is 0 Å². The van der Waals surface area contributed by atoms with Gasteiger partial charge in [-0.15, -0.1) is 0 Å². The summed E-state index contributed by atoms with van der Waals surface area (Å²) in [4.78, 5) is 16.0. The Labute approximate surface area is 132 Å². The van der Waals surface area contributed by atoms with Crippen molar-refractivity contribution in [3.8, 4) is 5.69 Å². The molecule has 0 aliphatic carbocycles. The van der Waals surface area contributed by atoms with Crippen molar-refractivity contribution in [3.05, 3.63) is 64.7 Å². The summed E-state index contributed by atoms with van der Waals surface area (Å²) in [5, 5.41) is 1.71. The number of nitrogens with zero attached hydrogens (tertiary/aromatic N) is 3. The molecule has 0 fully saturated rings. The molecule has 0 unspecified atom stereocenters. The maximum atomic E-state index is 12.0. The molecule has 0 spiro atoms. The minimum Gasteiger partial charge on any atom is -0.457 e. The molecule has 3 aromatic rings. The molecular weight excluding hydrogens is 298 g/mol. The first-order valence-corrected chi connectivity index (χ1v) is 7.65. The van der Waals surface area contributed by atoms with Crippen molar-refractivity contribution in [2.24, 2.45) is 0 Å². The maximum absolute atomic E-state index is 12.0. The highest BCUT2D eigenvalue weighted by Crippen LogP contribution is 2.17. The number of imidazole rings is 1. The molecule has 0 bridgehead atoms. The average molecular weight is 313 g/mol. The summed E-state index contributed by atoms with van der Waals surface area (Å²) in [6.07, 6.45) is 5.38. The number of carbonyl (C=O) groups is 1. The summed E-state index contributed by atoms with van der Waals surface area (Å²) in [6.45, 7) is 4.06. The molecule has 3 rings (SSSR count). The van der Waals surface area contributed by atoms with E-state index in [-0.39, 0.29) is 12.6 Å². The van der Waals surface area contributed by atoms with E-state index in [9.17, 15) is 4.79 Å². The van der Waals surface area contributed by atoms with E-state index in [0.717, 1.165) is 16.8 Å². The molecule has 5 nitrogen and oxygen atoms in total. The number of esters is 1. The molecule has 0 saturated carbocycles. The van der Waals surface area contributed by atoms with Gasteiger partial charge >= 0.3 is 5.97 Å². The standard InChI is InChI=1S/C16H15N3O2S/c1-11-7-14(19-6-5-17-10-19)4-3-13(11)8-21-16(20)15-9-22-18-12(15)2/h3-7,9-10H,8H2,1-2H3. The molecule has 0 radical (unpaired) electrons. The van der Waals surface area contributed by atoms with Crippen LogP contribution >= 0.6 is 11.5 Å². The van der Waals surface area contributed by atoms with Crippen molar-refractivity contribution in [2.75, 3.05) is 0 Å². The molecular formula is C16H15N3O2S. The third-order valence-electron chi connectivity index (χ3n) is 3.46. The van der Waals surface area contributed by atoms with Gasteiger partial charge < -0.3 is 9.30 Å². The largest absolute Gasteiger partial charge is 0.457 e. The molecule has 112 valence electrons. The molecule has 1 aromatic carbocycles. The van der Waals surface area contributed by atoms with Crippen LogP contribution in [0.25, 0.3) is 5.69 Å². The van der Waals surface area contributed by atoms with E-state index in [1.54, 1.807) is 24.8 Å². The zero-order chi connectivity index (χ0) is 15.5. The third kappa shape index (κ3) is 2.92. The Kier molecular flexibility index (Phi) is 4.02. The van der Waals surface area contributed by atoms with E-state index in [2.05, 4.69) is 9.36 Å². The van der Waals surface area contributed by atoms with Crippen molar-refractivity contribution in [1.82, 2.24) is 13.9 Å². The summed E-state index contributed by atoms with van der Waals surface area (Å²) in [5.41, 5.74) is 4.33. The number of aromatic nitrogens is 3. The van der Waals surface area contributed by atoms with E-state index in [1.165, 1.54) is 11.5 Å². The number of carbonyl (C=O) groups excluding carboxylic acids is 1. The molecule has 22 heavy (non-hydrogen) atoms. The molecule has 6 heteroatoms. The van der Waals surface area contributed by atoms with Crippen LogP contribution in [0.3, 0.4) is 0 Å². The molecule has 2 heterocycles. The first-order valence-electron chi connectivity index (χ1n) is 6.81. The van der Waals surface area contributed by atoms with Crippen molar-refractivity contribution in [1.29, 1.82) is 0 Å². The van der Waals surface area contributed by atoms with Crippen LogP contribution in [0.4, 0.5) is 0 Å². The minimum absolute atomic E-state index is 0.254. The van der Waals surface area contributed by atoms with Crippen LogP contribution in [-0.2, 0) is 11.3 Å². The topological polar surface area (TPSA) is 57.0 Å². The number of aryl methyl sites for hydroxylation is 2. The second-order valence-electron chi connectivity index (χ2n) is 4.97. The highest BCUT2D eigenvalue weighted by Gasteiger charge is 2.13. The predicted octanol–water partition coefficient (Wildman–Crippen LogP) is 3.30. The fourth-order valence-electron chi connectivity index (χ4n) is 2.12. The Bertz CT molecular complexity index is 794. The average Bonchev–Trinajstić information content (AvgIpc) is 3.17. The van der Waals surface area contributed by atoms with Crippen LogP contribution in [0.15, 0.2) is 42.3 Å². The lowest BCUT2D eigenvalue weighted by Crippen LogP contribution is -2.06. The van der Waals surface area contributed by atoms with Gasteiger partial charge in [-0.3, -0.25) is 0 Å². The van der Waals surface area contributed by atoms with Gasteiger partial charge in [0.15, 0.2) is 0 Å². The minimum atomic E-state index is -0.329. The van der Waals surface area contributed by atoms with Gasteiger partial charge in [-0.05, 0) is 48.6 Å². The van der Waals surface area contributed by atoms with Gasteiger partial charge in [0.25, 0.3) is 0 Å². The summed E-state index contributed by atoms with van der Waals surface area (Å²) < 4.78 is 11.4. The van der Waals surface area contributed by atoms with Crippen molar-refractivity contribution in [2.45, 2.75) is 20.5 Å². The van der Waals surface area contributed by atoms with E-state index in [0.29, 0.717) is 11.3 Å². The first kappa shape index (κ1) is 14.5. The Hall–Kier alpha value is -2.47. The maximum Gasteiger partial charge on any atom is 0.341 e. The highest BCUT2D eigenvalue weighted by molar-refractivity contribution is 7.03. The number of rotatable bonds is 4. The number of ether oxygens (including phenoxy) is 1. The zero-order valence-electron chi connectivity index (χ0n) is 12.3. The van der Waals surface area contributed by atoms with E-state index < -0.39 is 0 Å². The number of benzene rings is 1. The summed E-state index contributed by atoms with van der Waals surface area (Å²) in [5.74, 6) is -0.329. The lowest BCUT2D eigenvalue weighted by Gasteiger charge is -2.10. The normalized spacial score (nSPS) is 10.6. The Morgan fingerprint density at radius 1 is 1.36 bits per heavy atom. The van der Waals surface area contributed by atoms with Gasteiger partial charge in [0.05, 0.1) is 17.6 Å². The fraction of sp³-hybridized carbons (Fsp3) is 0.188. The van der Waals surface area contributed by atoms with E-state index in [4.69, 9.17) is 4.74 Å². The Morgan fingerprint density at radius 3 is 2.86 bits per heavy atom. The third-order valence-corrected chi connectivity index (χ3v) is 4.18. The molecule has 0 atom stereocenters. The summed E-state index contributed by atoms with van der Waals surface area (Å²) >= 11 is 1.26. The molecule has 2 aromatic heterocycles. The Morgan fingerprint density at radius 2 is 2.23 bits per heavy atom. The second-order valence-corrected chi connectivity index (χ2v) is 5.60. The molecule has 0 saturated heterocycles.